The van der Waals surface area contributed by atoms with Crippen LogP contribution in [0, 0.1) is 5.41 Å². The van der Waals surface area contributed by atoms with E-state index in [1.807, 2.05) is 20.8 Å². The fraction of sp³-hybridized carbons (Fsp3) is 0.833. The Balaban J connectivity index is 2.67. The van der Waals surface area contributed by atoms with Gasteiger partial charge in [-0.25, -0.2) is 0 Å². The van der Waals surface area contributed by atoms with Crippen LogP contribution in [0.3, 0.4) is 0 Å². The van der Waals surface area contributed by atoms with Gasteiger partial charge in [0.15, 0.2) is 0 Å². The minimum Gasteiger partial charge on any atom is -0.460 e. The lowest BCUT2D eigenvalue weighted by Gasteiger charge is -2.36. The van der Waals surface area contributed by atoms with E-state index in [1.54, 1.807) is 0 Å². The van der Waals surface area contributed by atoms with E-state index in [-0.39, 0.29) is 11.4 Å². The van der Waals surface area contributed by atoms with E-state index in [0.29, 0.717) is 11.4 Å². The Morgan fingerprint density at radius 2 is 1.94 bits per heavy atom. The van der Waals surface area contributed by atoms with Crippen molar-refractivity contribution in [3.05, 3.63) is 0 Å². The topological polar surface area (TPSA) is 64.3 Å². The number of hydrogen-bond donors (Lipinski definition) is 2. The SMILES string of the molecule is CC(C)(C)OC(=O)CC1(C(N)=S)CCNCC1. The lowest BCUT2D eigenvalue weighted by atomic mass is 9.76. The number of carbonyl (C=O) groups excluding carboxylic acids is 1. The van der Waals surface area contributed by atoms with Crippen LogP contribution in [0.25, 0.3) is 0 Å². The van der Waals surface area contributed by atoms with E-state index in [0.717, 1.165) is 25.9 Å². The molecule has 0 bridgehead atoms. The van der Waals surface area contributed by atoms with Crippen molar-refractivity contribution in [1.29, 1.82) is 0 Å². The summed E-state index contributed by atoms with van der Waals surface area (Å²) in [6.45, 7) is 7.28. The van der Waals surface area contributed by atoms with Gasteiger partial charge in [0.1, 0.15) is 5.60 Å². The van der Waals surface area contributed by atoms with Crippen molar-refractivity contribution in [3.63, 3.8) is 0 Å². The zero-order valence-corrected chi connectivity index (χ0v) is 11.7. The highest BCUT2D eigenvalue weighted by Crippen LogP contribution is 2.34. The summed E-state index contributed by atoms with van der Waals surface area (Å²) in [6.07, 6.45) is 1.91. The molecule has 0 saturated carbocycles. The maximum absolute atomic E-state index is 11.9. The predicted molar refractivity (Wildman–Crippen MR) is 71.8 cm³/mol. The highest BCUT2D eigenvalue weighted by Gasteiger charge is 2.38. The zero-order valence-electron chi connectivity index (χ0n) is 10.8. The third-order valence-electron chi connectivity index (χ3n) is 2.99. The van der Waals surface area contributed by atoms with E-state index >= 15 is 0 Å². The number of ether oxygens (including phenoxy) is 1. The maximum Gasteiger partial charge on any atom is 0.307 e. The number of carbonyl (C=O) groups is 1. The van der Waals surface area contributed by atoms with Crippen molar-refractivity contribution in [2.75, 3.05) is 13.1 Å². The van der Waals surface area contributed by atoms with Gasteiger partial charge in [0.2, 0.25) is 0 Å². The Kier molecular flexibility index (Phi) is 4.49. The van der Waals surface area contributed by atoms with Gasteiger partial charge in [-0.2, -0.15) is 0 Å². The molecule has 4 nitrogen and oxygen atoms in total. The van der Waals surface area contributed by atoms with E-state index in [4.69, 9.17) is 22.7 Å². The molecule has 1 heterocycles. The van der Waals surface area contributed by atoms with Crippen molar-refractivity contribution in [2.45, 2.75) is 45.6 Å². The lowest BCUT2D eigenvalue weighted by molar-refractivity contribution is -0.157. The molecule has 0 amide bonds. The normalized spacial score (nSPS) is 19.7. The first-order valence-electron chi connectivity index (χ1n) is 5.98. The smallest absolute Gasteiger partial charge is 0.307 e. The number of esters is 1. The third-order valence-corrected chi connectivity index (χ3v) is 3.42. The van der Waals surface area contributed by atoms with Crippen molar-refractivity contribution in [3.8, 4) is 0 Å². The number of nitrogens with two attached hydrogens (primary N) is 1. The first kappa shape index (κ1) is 14.4. The van der Waals surface area contributed by atoms with Crippen LogP contribution in [0.4, 0.5) is 0 Å². The van der Waals surface area contributed by atoms with Crippen LogP contribution >= 0.6 is 12.2 Å². The molecule has 0 aromatic rings. The molecule has 17 heavy (non-hydrogen) atoms. The summed E-state index contributed by atoms with van der Waals surface area (Å²) < 4.78 is 5.34. The van der Waals surface area contributed by atoms with E-state index in [2.05, 4.69) is 5.32 Å². The van der Waals surface area contributed by atoms with E-state index in [9.17, 15) is 4.79 Å². The summed E-state index contributed by atoms with van der Waals surface area (Å²) in [7, 11) is 0. The minimum absolute atomic E-state index is 0.216. The summed E-state index contributed by atoms with van der Waals surface area (Å²) in [6, 6.07) is 0. The Hall–Kier alpha value is -0.680. The van der Waals surface area contributed by atoms with Crippen molar-refractivity contribution in [1.82, 2.24) is 5.32 Å². The summed E-state index contributed by atoms with van der Waals surface area (Å²) >= 11 is 5.13. The van der Waals surface area contributed by atoms with Gasteiger partial charge < -0.3 is 15.8 Å². The first-order valence-corrected chi connectivity index (χ1v) is 6.38. The number of hydrogen-bond acceptors (Lipinski definition) is 4. The third kappa shape index (κ3) is 4.24. The van der Waals surface area contributed by atoms with Crippen LogP contribution in [-0.2, 0) is 9.53 Å². The molecule has 0 atom stereocenters. The average Bonchev–Trinajstić information content (AvgIpc) is 2.15. The molecule has 3 N–H and O–H groups in total. The van der Waals surface area contributed by atoms with Gasteiger partial charge in [-0.05, 0) is 46.7 Å². The lowest BCUT2D eigenvalue weighted by Crippen LogP contribution is -2.46. The van der Waals surface area contributed by atoms with E-state index < -0.39 is 5.60 Å². The largest absolute Gasteiger partial charge is 0.460 e. The Labute approximate surface area is 108 Å². The standard InChI is InChI=1S/C12H22N2O2S/c1-11(2,3)16-9(15)8-12(10(13)17)4-6-14-7-5-12/h14H,4-8H2,1-3H3,(H2,13,17). The van der Waals surface area contributed by atoms with Crippen LogP contribution in [0.5, 0.6) is 0 Å². The van der Waals surface area contributed by atoms with Crippen LogP contribution in [0.1, 0.15) is 40.0 Å². The van der Waals surface area contributed by atoms with Gasteiger partial charge in [0.05, 0.1) is 11.4 Å². The summed E-state index contributed by atoms with van der Waals surface area (Å²) in [5.74, 6) is -0.216. The number of thiocarbonyl (C=S) groups is 1. The molecular weight excluding hydrogens is 236 g/mol. The maximum atomic E-state index is 11.9. The van der Waals surface area contributed by atoms with Crippen LogP contribution in [0.2, 0.25) is 0 Å². The highest BCUT2D eigenvalue weighted by molar-refractivity contribution is 7.80. The molecular formula is C12H22N2O2S. The summed E-state index contributed by atoms with van der Waals surface area (Å²) in [4.78, 5) is 12.3. The van der Waals surface area contributed by atoms with Crippen molar-refractivity contribution < 1.29 is 9.53 Å². The Morgan fingerprint density at radius 1 is 1.41 bits per heavy atom. The van der Waals surface area contributed by atoms with Crippen molar-refractivity contribution >= 4 is 23.2 Å². The van der Waals surface area contributed by atoms with E-state index in [1.165, 1.54) is 0 Å². The molecule has 1 aliphatic heterocycles. The monoisotopic (exact) mass is 258 g/mol. The van der Waals surface area contributed by atoms with Crippen LogP contribution in [0.15, 0.2) is 0 Å². The van der Waals surface area contributed by atoms with Gasteiger partial charge in [-0.3, -0.25) is 4.79 Å². The molecule has 0 radical (unpaired) electrons. The molecule has 98 valence electrons. The molecule has 1 aliphatic rings. The number of piperidine rings is 1. The second-order valence-corrected chi connectivity index (χ2v) is 6.10. The second-order valence-electron chi connectivity index (χ2n) is 5.66. The molecule has 1 saturated heterocycles. The summed E-state index contributed by atoms with van der Waals surface area (Å²) in [5, 5.41) is 3.25. The Morgan fingerprint density at radius 3 is 2.35 bits per heavy atom. The minimum atomic E-state index is -0.457. The second kappa shape index (κ2) is 5.31. The fourth-order valence-electron chi connectivity index (χ4n) is 2.07. The number of rotatable bonds is 3. The zero-order chi connectivity index (χ0) is 13.1. The Bertz CT molecular complexity index is 304. The van der Waals surface area contributed by atoms with Crippen LogP contribution < -0.4 is 11.1 Å². The number of nitrogens with one attached hydrogen (secondary N) is 1. The molecule has 0 aliphatic carbocycles. The van der Waals surface area contributed by atoms with Gasteiger partial charge in [0.25, 0.3) is 0 Å². The molecule has 0 unspecified atom stereocenters. The predicted octanol–water partition coefficient (Wildman–Crippen LogP) is 1.37. The fourth-order valence-corrected chi connectivity index (χ4v) is 2.35. The average molecular weight is 258 g/mol. The van der Waals surface area contributed by atoms with Gasteiger partial charge in [-0.15, -0.1) is 0 Å². The van der Waals surface area contributed by atoms with Gasteiger partial charge in [0, 0.05) is 5.41 Å². The quantitative estimate of drug-likeness (QED) is 0.591. The molecule has 0 aromatic carbocycles. The summed E-state index contributed by atoms with van der Waals surface area (Å²) in [5.41, 5.74) is 4.99. The van der Waals surface area contributed by atoms with Crippen molar-refractivity contribution in [2.24, 2.45) is 11.1 Å². The van der Waals surface area contributed by atoms with Gasteiger partial charge >= 0.3 is 5.97 Å². The van der Waals surface area contributed by atoms with Gasteiger partial charge in [-0.1, -0.05) is 12.2 Å². The molecule has 1 rings (SSSR count). The molecule has 1 fully saturated rings. The van der Waals surface area contributed by atoms with Crippen LogP contribution in [-0.4, -0.2) is 29.6 Å². The molecule has 0 aromatic heterocycles. The highest BCUT2D eigenvalue weighted by atomic mass is 32.1. The molecule has 0 spiro atoms. The first-order chi connectivity index (χ1) is 7.75. The molecule has 5 heteroatoms.